The van der Waals surface area contributed by atoms with Crippen LogP contribution in [0.25, 0.3) is 44.4 Å². The Labute approximate surface area is 260 Å². The van der Waals surface area contributed by atoms with Crippen molar-refractivity contribution in [3.8, 4) is 62.4 Å². The van der Waals surface area contributed by atoms with E-state index in [4.69, 9.17) is 24.2 Å². The van der Waals surface area contributed by atoms with Crippen molar-refractivity contribution >= 4 is 33.9 Å². The molecule has 0 unspecified atom stereocenters. The first-order chi connectivity index (χ1) is 22.2. The fraction of sp³-hybridized carbons (Fsp3) is 0.0256. The third-order valence-electron chi connectivity index (χ3n) is 8.82. The van der Waals surface area contributed by atoms with Crippen LogP contribution in [0.15, 0.2) is 134 Å². The predicted molar refractivity (Wildman–Crippen MR) is 180 cm³/mol. The molecule has 0 radical (unpaired) electrons. The molecule has 0 saturated heterocycles. The van der Waals surface area contributed by atoms with Gasteiger partial charge in [0.05, 0.1) is 18.5 Å². The maximum absolute atomic E-state index is 6.50. The van der Waals surface area contributed by atoms with Gasteiger partial charge in [-0.15, -0.1) is 0 Å². The summed E-state index contributed by atoms with van der Waals surface area (Å²) in [5.74, 6) is 4.12. The van der Waals surface area contributed by atoms with Gasteiger partial charge in [-0.25, -0.2) is 0 Å². The lowest BCUT2D eigenvalue weighted by atomic mass is 9.34. The standard InChI is InChI=1S/C39H25BN2O3/c1-43-33-10-5-4-8-28(33)25-18-19-41-32(23-25)26-13-15-34-30(21-26)40-31-22-27(39-29-9-3-2-7-24(29)17-20-42-39)14-16-35(31)45-37-12-6-11-36(44-34)38(37)40/h2-23H,1H3. The van der Waals surface area contributed by atoms with Crippen LogP contribution in [-0.4, -0.2) is 23.8 Å². The van der Waals surface area contributed by atoms with Gasteiger partial charge in [-0.05, 0) is 88.1 Å². The second-order valence-corrected chi connectivity index (χ2v) is 11.3. The molecule has 0 fully saturated rings. The molecular weight excluding hydrogens is 555 g/mol. The van der Waals surface area contributed by atoms with Crippen LogP contribution in [0.5, 0.6) is 28.7 Å². The van der Waals surface area contributed by atoms with Crippen LogP contribution in [0.2, 0.25) is 0 Å². The van der Waals surface area contributed by atoms with Gasteiger partial charge >= 0.3 is 0 Å². The minimum absolute atomic E-state index is 0.0871. The molecule has 6 heteroatoms. The summed E-state index contributed by atoms with van der Waals surface area (Å²) in [4.78, 5) is 9.59. The van der Waals surface area contributed by atoms with Crippen molar-refractivity contribution in [2.75, 3.05) is 7.11 Å². The molecule has 2 aliphatic rings. The summed E-state index contributed by atoms with van der Waals surface area (Å²) < 4.78 is 18.6. The van der Waals surface area contributed by atoms with E-state index in [9.17, 15) is 0 Å². The fourth-order valence-corrected chi connectivity index (χ4v) is 6.73. The first-order valence-corrected chi connectivity index (χ1v) is 15.0. The van der Waals surface area contributed by atoms with Crippen LogP contribution in [0, 0.1) is 0 Å². The van der Waals surface area contributed by atoms with Gasteiger partial charge in [0.25, 0.3) is 6.71 Å². The Bertz CT molecular complexity index is 2280. The van der Waals surface area contributed by atoms with Crippen LogP contribution in [-0.2, 0) is 0 Å². The van der Waals surface area contributed by atoms with E-state index in [1.165, 1.54) is 0 Å². The number of hydrogen-bond donors (Lipinski definition) is 0. The van der Waals surface area contributed by atoms with Gasteiger partial charge in [-0.1, -0.05) is 60.7 Å². The molecule has 4 heterocycles. The zero-order chi connectivity index (χ0) is 29.9. The summed E-state index contributed by atoms with van der Waals surface area (Å²) in [7, 11) is 1.70. The molecule has 5 aromatic carbocycles. The Morgan fingerprint density at radius 3 is 2.11 bits per heavy atom. The highest BCUT2D eigenvalue weighted by Gasteiger charge is 2.40. The summed E-state index contributed by atoms with van der Waals surface area (Å²) in [6, 6.07) is 41.4. The SMILES string of the molecule is COc1ccccc1-c1ccnc(-c2ccc3c(c2)B2c4cc(-c5nccc6ccccc56)ccc4Oc4cccc(c42)O3)c1. The Balaban J connectivity index is 1.21. The molecule has 0 spiro atoms. The number of fused-ring (bicyclic) bond motifs is 5. The molecule has 0 aliphatic carbocycles. The van der Waals surface area contributed by atoms with E-state index < -0.39 is 0 Å². The third kappa shape index (κ3) is 4.10. The van der Waals surface area contributed by atoms with Gasteiger partial charge in [0.1, 0.15) is 28.7 Å². The lowest BCUT2D eigenvalue weighted by molar-refractivity contribution is 0.416. The predicted octanol–water partition coefficient (Wildman–Crippen LogP) is 7.37. The van der Waals surface area contributed by atoms with Crippen molar-refractivity contribution in [3.63, 3.8) is 0 Å². The van der Waals surface area contributed by atoms with E-state index >= 15 is 0 Å². The highest BCUT2D eigenvalue weighted by molar-refractivity contribution is 6.98. The van der Waals surface area contributed by atoms with Crippen molar-refractivity contribution in [2.24, 2.45) is 0 Å². The lowest BCUT2D eigenvalue weighted by Crippen LogP contribution is -2.57. The number of para-hydroxylation sites is 1. The molecule has 45 heavy (non-hydrogen) atoms. The first kappa shape index (κ1) is 25.6. The molecule has 2 aliphatic heterocycles. The summed E-state index contributed by atoms with van der Waals surface area (Å²) in [6.45, 7) is -0.0871. The topological polar surface area (TPSA) is 53.5 Å². The molecule has 212 valence electrons. The van der Waals surface area contributed by atoms with Gasteiger partial charge in [0, 0.05) is 34.4 Å². The second-order valence-electron chi connectivity index (χ2n) is 11.3. The normalized spacial score (nSPS) is 12.4. The minimum atomic E-state index is -0.0871. The van der Waals surface area contributed by atoms with Crippen LogP contribution in [0.4, 0.5) is 0 Å². The van der Waals surface area contributed by atoms with Crippen molar-refractivity contribution < 1.29 is 14.2 Å². The van der Waals surface area contributed by atoms with Crippen LogP contribution in [0.3, 0.4) is 0 Å². The Morgan fingerprint density at radius 1 is 0.578 bits per heavy atom. The largest absolute Gasteiger partial charge is 0.496 e. The molecule has 0 saturated carbocycles. The minimum Gasteiger partial charge on any atom is -0.496 e. The van der Waals surface area contributed by atoms with E-state index in [1.807, 2.05) is 54.9 Å². The molecule has 0 N–H and O–H groups in total. The third-order valence-corrected chi connectivity index (χ3v) is 8.82. The Morgan fingerprint density at radius 2 is 1.29 bits per heavy atom. The summed E-state index contributed by atoms with van der Waals surface area (Å²) in [5, 5.41) is 2.28. The zero-order valence-electron chi connectivity index (χ0n) is 24.4. The van der Waals surface area contributed by atoms with E-state index in [2.05, 4.69) is 78.9 Å². The van der Waals surface area contributed by atoms with Crippen molar-refractivity contribution in [2.45, 2.75) is 0 Å². The number of methoxy groups -OCH3 is 1. The monoisotopic (exact) mass is 580 g/mol. The number of ether oxygens (including phenoxy) is 3. The molecule has 0 bridgehead atoms. The Hall–Kier alpha value is -5.88. The Kier molecular flexibility index (Phi) is 5.75. The first-order valence-electron chi connectivity index (χ1n) is 15.0. The molecule has 2 aromatic heterocycles. The zero-order valence-corrected chi connectivity index (χ0v) is 24.4. The molecule has 5 nitrogen and oxygen atoms in total. The van der Waals surface area contributed by atoms with Gasteiger partial charge in [0.2, 0.25) is 0 Å². The van der Waals surface area contributed by atoms with E-state index in [1.54, 1.807) is 7.11 Å². The average molecular weight is 580 g/mol. The quantitative estimate of drug-likeness (QED) is 0.204. The van der Waals surface area contributed by atoms with Gasteiger partial charge < -0.3 is 14.2 Å². The fourth-order valence-electron chi connectivity index (χ4n) is 6.73. The number of rotatable bonds is 4. The van der Waals surface area contributed by atoms with E-state index in [0.717, 1.165) is 89.6 Å². The smallest absolute Gasteiger partial charge is 0.260 e. The summed E-state index contributed by atoms with van der Waals surface area (Å²) in [6.07, 6.45) is 3.73. The summed E-state index contributed by atoms with van der Waals surface area (Å²) >= 11 is 0. The maximum atomic E-state index is 6.50. The molecular formula is C39H25BN2O3. The second kappa shape index (κ2) is 10.1. The molecule has 9 rings (SSSR count). The van der Waals surface area contributed by atoms with Gasteiger partial charge in [-0.2, -0.15) is 0 Å². The molecule has 0 atom stereocenters. The van der Waals surface area contributed by atoms with Gasteiger partial charge in [-0.3, -0.25) is 9.97 Å². The number of hydrogen-bond acceptors (Lipinski definition) is 5. The van der Waals surface area contributed by atoms with Crippen LogP contribution in [0.1, 0.15) is 0 Å². The lowest BCUT2D eigenvalue weighted by Gasteiger charge is -2.33. The van der Waals surface area contributed by atoms with E-state index in [-0.39, 0.29) is 6.71 Å². The van der Waals surface area contributed by atoms with Crippen molar-refractivity contribution in [1.82, 2.24) is 9.97 Å². The van der Waals surface area contributed by atoms with Crippen molar-refractivity contribution in [3.05, 3.63) is 134 Å². The van der Waals surface area contributed by atoms with Crippen LogP contribution >= 0.6 is 0 Å². The molecule has 7 aromatic rings. The molecule has 0 amide bonds. The van der Waals surface area contributed by atoms with Gasteiger partial charge in [0.15, 0.2) is 0 Å². The number of aromatic nitrogens is 2. The van der Waals surface area contributed by atoms with Crippen molar-refractivity contribution in [1.29, 1.82) is 0 Å². The highest BCUT2D eigenvalue weighted by Crippen LogP contribution is 2.37. The van der Waals surface area contributed by atoms with E-state index in [0.29, 0.717) is 0 Å². The highest BCUT2D eigenvalue weighted by atomic mass is 16.5. The number of benzene rings is 5. The summed E-state index contributed by atoms with van der Waals surface area (Å²) in [5.41, 5.74) is 9.15. The number of nitrogens with zero attached hydrogens (tertiary/aromatic N) is 2. The number of pyridine rings is 2. The average Bonchev–Trinajstić information content (AvgIpc) is 3.11. The maximum Gasteiger partial charge on any atom is 0.260 e. The van der Waals surface area contributed by atoms with Crippen LogP contribution < -0.4 is 30.6 Å².